The molecule has 0 spiro atoms. The number of rotatable bonds is 4. The Labute approximate surface area is 158 Å². The lowest BCUT2D eigenvalue weighted by Crippen LogP contribution is -2.28. The van der Waals surface area contributed by atoms with Crippen LogP contribution in [0.25, 0.3) is 0 Å². The number of ether oxygens (including phenoxy) is 1. The van der Waals surface area contributed by atoms with Gasteiger partial charge < -0.3 is 4.74 Å². The number of nitrogens with zero attached hydrogens (tertiary/aromatic N) is 1. The number of carbonyl (C=O) groups excluding carboxylic acids is 1. The molecule has 2 aromatic rings. The van der Waals surface area contributed by atoms with Gasteiger partial charge in [0, 0.05) is 13.1 Å². The van der Waals surface area contributed by atoms with Gasteiger partial charge in [0.05, 0.1) is 10.6 Å². The van der Waals surface area contributed by atoms with Crippen LogP contribution in [0.3, 0.4) is 0 Å². The average molecular weight is 394 g/mol. The van der Waals surface area contributed by atoms with Crippen LogP contribution in [0.5, 0.6) is 5.75 Å². The minimum absolute atomic E-state index is 0.0596. The summed E-state index contributed by atoms with van der Waals surface area (Å²) >= 11 is 6.10. The maximum Gasteiger partial charge on any atom is 0.343 e. The molecule has 1 fully saturated rings. The molecule has 26 heavy (non-hydrogen) atoms. The maximum absolute atomic E-state index is 12.8. The highest BCUT2D eigenvalue weighted by molar-refractivity contribution is 7.89. The molecule has 0 unspecified atom stereocenters. The summed E-state index contributed by atoms with van der Waals surface area (Å²) in [6.45, 7) is 4.83. The highest BCUT2D eigenvalue weighted by Crippen LogP contribution is 2.28. The molecule has 5 nitrogen and oxygen atoms in total. The molecule has 0 saturated carbocycles. The first-order valence-corrected chi connectivity index (χ1v) is 10.2. The number of benzene rings is 2. The second-order valence-corrected chi connectivity index (χ2v) is 8.71. The van der Waals surface area contributed by atoms with Crippen molar-refractivity contribution in [1.82, 2.24) is 4.31 Å². The zero-order valence-corrected chi connectivity index (χ0v) is 16.2. The first kappa shape index (κ1) is 18.9. The van der Waals surface area contributed by atoms with Crippen LogP contribution in [0.4, 0.5) is 0 Å². The van der Waals surface area contributed by atoms with Crippen molar-refractivity contribution in [2.45, 2.75) is 31.6 Å². The second-order valence-electron chi connectivity index (χ2n) is 6.39. The molecule has 0 aliphatic carbocycles. The van der Waals surface area contributed by atoms with E-state index in [4.69, 9.17) is 16.3 Å². The second kappa shape index (κ2) is 7.39. The molecular weight excluding hydrogens is 374 g/mol. The molecular formula is C19H20ClNO4S. The third kappa shape index (κ3) is 3.77. The topological polar surface area (TPSA) is 63.7 Å². The smallest absolute Gasteiger partial charge is 0.343 e. The SMILES string of the molecule is Cc1ccc(OC(=O)c2ccc(Cl)c(S(=O)(=O)N3CCCC3)c2)cc1C. The summed E-state index contributed by atoms with van der Waals surface area (Å²) in [6, 6.07) is 9.52. The van der Waals surface area contributed by atoms with E-state index in [1.54, 1.807) is 12.1 Å². The minimum Gasteiger partial charge on any atom is -0.423 e. The lowest BCUT2D eigenvalue weighted by Gasteiger charge is -2.17. The lowest BCUT2D eigenvalue weighted by atomic mass is 10.1. The van der Waals surface area contributed by atoms with E-state index in [0.717, 1.165) is 24.0 Å². The molecule has 2 aromatic carbocycles. The average Bonchev–Trinajstić information content (AvgIpc) is 3.14. The van der Waals surface area contributed by atoms with Gasteiger partial charge in [-0.05, 0) is 68.1 Å². The summed E-state index contributed by atoms with van der Waals surface area (Å²) in [5.41, 5.74) is 2.24. The van der Waals surface area contributed by atoms with Gasteiger partial charge in [-0.25, -0.2) is 13.2 Å². The number of esters is 1. The Hall–Kier alpha value is -1.89. The monoisotopic (exact) mass is 393 g/mol. The normalized spacial score (nSPS) is 15.2. The predicted molar refractivity (Wildman–Crippen MR) is 100 cm³/mol. The van der Waals surface area contributed by atoms with E-state index < -0.39 is 16.0 Å². The minimum atomic E-state index is -3.72. The van der Waals surface area contributed by atoms with Gasteiger partial charge in [0.15, 0.2) is 0 Å². The van der Waals surface area contributed by atoms with Crippen LogP contribution in [-0.2, 0) is 10.0 Å². The van der Waals surface area contributed by atoms with E-state index in [-0.39, 0.29) is 15.5 Å². The van der Waals surface area contributed by atoms with Crippen LogP contribution in [0.1, 0.15) is 34.3 Å². The first-order valence-electron chi connectivity index (χ1n) is 8.38. The quantitative estimate of drug-likeness (QED) is 0.582. The van der Waals surface area contributed by atoms with Crippen molar-refractivity contribution in [2.24, 2.45) is 0 Å². The molecule has 138 valence electrons. The van der Waals surface area contributed by atoms with Gasteiger partial charge in [-0.2, -0.15) is 4.31 Å². The Morgan fingerprint density at radius 1 is 1.04 bits per heavy atom. The van der Waals surface area contributed by atoms with Crippen molar-refractivity contribution >= 4 is 27.6 Å². The fourth-order valence-electron chi connectivity index (χ4n) is 2.84. The van der Waals surface area contributed by atoms with Crippen LogP contribution >= 0.6 is 11.6 Å². The van der Waals surface area contributed by atoms with Crippen molar-refractivity contribution in [3.8, 4) is 5.75 Å². The third-order valence-corrected chi connectivity index (χ3v) is 6.92. The van der Waals surface area contributed by atoms with Crippen LogP contribution in [0, 0.1) is 13.8 Å². The summed E-state index contributed by atoms with van der Waals surface area (Å²) in [6.07, 6.45) is 1.65. The van der Waals surface area contributed by atoms with Crippen LogP contribution < -0.4 is 4.74 Å². The molecule has 1 heterocycles. The fourth-order valence-corrected chi connectivity index (χ4v) is 4.86. The molecule has 0 N–H and O–H groups in total. The number of sulfonamides is 1. The Morgan fingerprint density at radius 3 is 2.38 bits per heavy atom. The zero-order valence-electron chi connectivity index (χ0n) is 14.7. The van der Waals surface area contributed by atoms with Gasteiger partial charge in [-0.15, -0.1) is 0 Å². The maximum atomic E-state index is 12.8. The molecule has 0 radical (unpaired) electrons. The van der Waals surface area contributed by atoms with Crippen molar-refractivity contribution < 1.29 is 17.9 Å². The summed E-state index contributed by atoms with van der Waals surface area (Å²) < 4.78 is 32.3. The first-order chi connectivity index (χ1) is 12.3. The van der Waals surface area contributed by atoms with Gasteiger partial charge in [-0.1, -0.05) is 17.7 Å². The molecule has 0 bridgehead atoms. The van der Waals surface area contributed by atoms with Crippen LogP contribution in [-0.4, -0.2) is 31.8 Å². The third-order valence-electron chi connectivity index (χ3n) is 4.54. The standard InChI is InChI=1S/C19H20ClNO4S/c1-13-5-7-16(11-14(13)2)25-19(22)15-6-8-17(20)18(12-15)26(23,24)21-9-3-4-10-21/h5-8,11-12H,3-4,9-10H2,1-2H3. The zero-order chi connectivity index (χ0) is 18.9. The summed E-state index contributed by atoms with van der Waals surface area (Å²) in [5, 5.41) is 0.0969. The highest BCUT2D eigenvalue weighted by Gasteiger charge is 2.30. The fraction of sp³-hybridized carbons (Fsp3) is 0.316. The largest absolute Gasteiger partial charge is 0.423 e. The predicted octanol–water partition coefficient (Wildman–Crippen LogP) is 3.96. The van der Waals surface area contributed by atoms with Crippen LogP contribution in [0.2, 0.25) is 5.02 Å². The molecule has 3 rings (SSSR count). The summed E-state index contributed by atoms with van der Waals surface area (Å²) in [4.78, 5) is 12.4. The Balaban J connectivity index is 1.89. The molecule has 0 amide bonds. The molecule has 1 aliphatic rings. The summed E-state index contributed by atoms with van der Waals surface area (Å²) in [7, 11) is -3.72. The highest BCUT2D eigenvalue weighted by atomic mass is 35.5. The number of hydrogen-bond donors (Lipinski definition) is 0. The molecule has 0 aromatic heterocycles. The van der Waals surface area contributed by atoms with E-state index in [1.807, 2.05) is 19.9 Å². The van der Waals surface area contributed by atoms with E-state index in [2.05, 4.69) is 0 Å². The van der Waals surface area contributed by atoms with Gasteiger partial charge in [-0.3, -0.25) is 0 Å². The van der Waals surface area contributed by atoms with E-state index in [9.17, 15) is 13.2 Å². The Morgan fingerprint density at radius 2 is 1.73 bits per heavy atom. The van der Waals surface area contributed by atoms with E-state index >= 15 is 0 Å². The lowest BCUT2D eigenvalue weighted by molar-refractivity contribution is 0.0734. The Kier molecular flexibility index (Phi) is 5.37. The molecule has 0 atom stereocenters. The van der Waals surface area contributed by atoms with E-state index in [0.29, 0.717) is 18.8 Å². The van der Waals surface area contributed by atoms with Gasteiger partial charge in [0.1, 0.15) is 10.6 Å². The van der Waals surface area contributed by atoms with Crippen molar-refractivity contribution in [3.63, 3.8) is 0 Å². The van der Waals surface area contributed by atoms with Gasteiger partial charge in [0.25, 0.3) is 0 Å². The molecule has 1 saturated heterocycles. The van der Waals surface area contributed by atoms with Gasteiger partial charge >= 0.3 is 5.97 Å². The van der Waals surface area contributed by atoms with Gasteiger partial charge in [0.2, 0.25) is 10.0 Å². The van der Waals surface area contributed by atoms with Crippen LogP contribution in [0.15, 0.2) is 41.3 Å². The number of carbonyl (C=O) groups is 1. The van der Waals surface area contributed by atoms with E-state index in [1.165, 1.54) is 22.5 Å². The number of aryl methyl sites for hydroxylation is 2. The number of hydrogen-bond acceptors (Lipinski definition) is 4. The number of halogens is 1. The molecule has 7 heteroatoms. The van der Waals surface area contributed by atoms with Crippen molar-refractivity contribution in [3.05, 3.63) is 58.1 Å². The van der Waals surface area contributed by atoms with Crippen molar-refractivity contribution in [2.75, 3.05) is 13.1 Å². The Bertz CT molecular complexity index is 950. The summed E-state index contributed by atoms with van der Waals surface area (Å²) in [5.74, 6) is -0.209. The molecule has 1 aliphatic heterocycles. The van der Waals surface area contributed by atoms with Crippen molar-refractivity contribution in [1.29, 1.82) is 0 Å².